The van der Waals surface area contributed by atoms with Crippen molar-refractivity contribution >= 4 is 17.7 Å². The number of benzene rings is 1. The Labute approximate surface area is 123 Å². The SMILES string of the molecule is CCN(C(=O)Nc1ccc(O)c(C(=O)O)c1)C1CCCC1. The highest BCUT2D eigenvalue weighted by molar-refractivity contribution is 5.95. The summed E-state index contributed by atoms with van der Waals surface area (Å²) >= 11 is 0. The molecule has 1 fully saturated rings. The third-order valence-corrected chi connectivity index (χ3v) is 3.85. The first-order valence-corrected chi connectivity index (χ1v) is 7.17. The lowest BCUT2D eigenvalue weighted by atomic mass is 10.2. The van der Waals surface area contributed by atoms with E-state index in [0.717, 1.165) is 25.7 Å². The highest BCUT2D eigenvalue weighted by Gasteiger charge is 2.25. The summed E-state index contributed by atoms with van der Waals surface area (Å²) in [5.41, 5.74) is 0.142. The molecule has 1 aromatic carbocycles. The van der Waals surface area contributed by atoms with Crippen LogP contribution in [0.25, 0.3) is 0 Å². The third-order valence-electron chi connectivity index (χ3n) is 3.85. The fourth-order valence-electron chi connectivity index (χ4n) is 2.76. The van der Waals surface area contributed by atoms with Crippen molar-refractivity contribution in [3.8, 4) is 5.75 Å². The van der Waals surface area contributed by atoms with Crippen molar-refractivity contribution < 1.29 is 19.8 Å². The standard InChI is InChI=1S/C15H20N2O4/c1-2-17(11-5-3-4-6-11)15(21)16-10-7-8-13(18)12(9-10)14(19)20/h7-9,11,18H,2-6H2,1H3,(H,16,21)(H,19,20). The molecule has 0 radical (unpaired) electrons. The number of nitrogens with zero attached hydrogens (tertiary/aromatic N) is 1. The van der Waals surface area contributed by atoms with Crippen molar-refractivity contribution in [3.63, 3.8) is 0 Å². The van der Waals surface area contributed by atoms with Gasteiger partial charge in [-0.15, -0.1) is 0 Å². The normalized spacial score (nSPS) is 14.9. The number of carbonyl (C=O) groups is 2. The number of aromatic carboxylic acids is 1. The maximum absolute atomic E-state index is 12.3. The average molecular weight is 292 g/mol. The predicted molar refractivity (Wildman–Crippen MR) is 78.7 cm³/mol. The Bertz CT molecular complexity index is 538. The molecule has 1 aliphatic rings. The summed E-state index contributed by atoms with van der Waals surface area (Å²) in [5, 5.41) is 21.1. The van der Waals surface area contributed by atoms with Crippen LogP contribution >= 0.6 is 0 Å². The van der Waals surface area contributed by atoms with Gasteiger partial charge in [0, 0.05) is 18.3 Å². The van der Waals surface area contributed by atoms with E-state index in [1.807, 2.05) is 6.92 Å². The van der Waals surface area contributed by atoms with Gasteiger partial charge in [0.15, 0.2) is 0 Å². The van der Waals surface area contributed by atoms with Crippen LogP contribution in [-0.4, -0.2) is 39.7 Å². The molecule has 3 N–H and O–H groups in total. The van der Waals surface area contributed by atoms with Crippen LogP contribution in [0.4, 0.5) is 10.5 Å². The number of hydrogen-bond acceptors (Lipinski definition) is 3. The number of rotatable bonds is 4. The van der Waals surface area contributed by atoms with Gasteiger partial charge in [-0.25, -0.2) is 9.59 Å². The van der Waals surface area contributed by atoms with Gasteiger partial charge in [-0.05, 0) is 38.0 Å². The average Bonchev–Trinajstić information content (AvgIpc) is 2.95. The Morgan fingerprint density at radius 2 is 2.00 bits per heavy atom. The lowest BCUT2D eigenvalue weighted by Crippen LogP contribution is -2.41. The predicted octanol–water partition coefficient (Wildman–Crippen LogP) is 2.89. The molecule has 1 aromatic rings. The molecular weight excluding hydrogens is 272 g/mol. The summed E-state index contributed by atoms with van der Waals surface area (Å²) in [6, 6.07) is 4.04. The van der Waals surface area contributed by atoms with Gasteiger partial charge in [0.25, 0.3) is 0 Å². The van der Waals surface area contributed by atoms with Gasteiger partial charge in [0.05, 0.1) is 0 Å². The maximum Gasteiger partial charge on any atom is 0.339 e. The van der Waals surface area contributed by atoms with E-state index < -0.39 is 5.97 Å². The number of hydrogen-bond donors (Lipinski definition) is 3. The van der Waals surface area contributed by atoms with Crippen LogP contribution in [0, 0.1) is 0 Å². The molecule has 0 heterocycles. The molecule has 6 nitrogen and oxygen atoms in total. The zero-order valence-electron chi connectivity index (χ0n) is 12.0. The van der Waals surface area contributed by atoms with Crippen molar-refractivity contribution in [2.24, 2.45) is 0 Å². The minimum Gasteiger partial charge on any atom is -0.507 e. The minimum absolute atomic E-state index is 0.225. The monoisotopic (exact) mass is 292 g/mol. The molecule has 0 atom stereocenters. The van der Waals surface area contributed by atoms with Gasteiger partial charge in [-0.3, -0.25) is 0 Å². The largest absolute Gasteiger partial charge is 0.507 e. The van der Waals surface area contributed by atoms with E-state index in [-0.39, 0.29) is 23.4 Å². The van der Waals surface area contributed by atoms with Gasteiger partial charge in [-0.2, -0.15) is 0 Å². The first kappa shape index (κ1) is 15.2. The Balaban J connectivity index is 2.11. The number of amides is 2. The van der Waals surface area contributed by atoms with Crippen molar-refractivity contribution in [2.45, 2.75) is 38.6 Å². The highest BCUT2D eigenvalue weighted by atomic mass is 16.4. The van der Waals surface area contributed by atoms with Crippen molar-refractivity contribution in [3.05, 3.63) is 23.8 Å². The van der Waals surface area contributed by atoms with Gasteiger partial charge >= 0.3 is 12.0 Å². The van der Waals surface area contributed by atoms with Gasteiger partial charge < -0.3 is 20.4 Å². The van der Waals surface area contributed by atoms with Gasteiger partial charge in [-0.1, -0.05) is 12.8 Å². The van der Waals surface area contributed by atoms with E-state index in [1.54, 1.807) is 4.90 Å². The lowest BCUT2D eigenvalue weighted by molar-refractivity contribution is 0.0693. The molecule has 0 saturated heterocycles. The zero-order valence-corrected chi connectivity index (χ0v) is 12.0. The number of aromatic hydroxyl groups is 1. The van der Waals surface area contributed by atoms with Crippen LogP contribution in [-0.2, 0) is 0 Å². The maximum atomic E-state index is 12.3. The molecule has 2 amide bonds. The molecule has 114 valence electrons. The molecule has 0 unspecified atom stereocenters. The summed E-state index contributed by atoms with van der Waals surface area (Å²) in [5.74, 6) is -1.55. The number of carboxylic acid groups (broad SMARTS) is 1. The minimum atomic E-state index is -1.23. The first-order chi connectivity index (χ1) is 10.0. The lowest BCUT2D eigenvalue weighted by Gasteiger charge is -2.27. The molecule has 0 spiro atoms. The van der Waals surface area contributed by atoms with Crippen LogP contribution in [0.2, 0.25) is 0 Å². The fraction of sp³-hybridized carbons (Fsp3) is 0.467. The van der Waals surface area contributed by atoms with E-state index in [9.17, 15) is 14.7 Å². The van der Waals surface area contributed by atoms with Crippen molar-refractivity contribution in [1.29, 1.82) is 0 Å². The van der Waals surface area contributed by atoms with Crippen molar-refractivity contribution in [2.75, 3.05) is 11.9 Å². The molecule has 0 aromatic heterocycles. The van der Waals surface area contributed by atoms with E-state index in [1.165, 1.54) is 18.2 Å². The van der Waals surface area contributed by atoms with Crippen LogP contribution < -0.4 is 5.32 Å². The Kier molecular flexibility index (Phi) is 4.67. The molecule has 21 heavy (non-hydrogen) atoms. The van der Waals surface area contributed by atoms with Crippen LogP contribution in [0.1, 0.15) is 43.0 Å². The number of anilines is 1. The molecule has 0 bridgehead atoms. The van der Waals surface area contributed by atoms with E-state index in [0.29, 0.717) is 12.2 Å². The second kappa shape index (κ2) is 6.47. The molecule has 6 heteroatoms. The second-order valence-corrected chi connectivity index (χ2v) is 5.19. The number of phenols is 1. The summed E-state index contributed by atoms with van der Waals surface area (Å²) in [4.78, 5) is 25.1. The summed E-state index contributed by atoms with van der Waals surface area (Å²) in [6.45, 7) is 2.54. The van der Waals surface area contributed by atoms with Gasteiger partial charge in [0.2, 0.25) is 0 Å². The molecule has 0 aliphatic heterocycles. The van der Waals surface area contributed by atoms with E-state index in [2.05, 4.69) is 5.32 Å². The van der Waals surface area contributed by atoms with Crippen LogP contribution in [0.15, 0.2) is 18.2 Å². The molecule has 1 aliphatic carbocycles. The third kappa shape index (κ3) is 3.45. The highest BCUT2D eigenvalue weighted by Crippen LogP contribution is 2.25. The Morgan fingerprint density at radius 3 is 2.57 bits per heavy atom. The molecular formula is C15H20N2O4. The number of carboxylic acids is 1. The Morgan fingerprint density at radius 1 is 1.33 bits per heavy atom. The summed E-state index contributed by atoms with van der Waals surface area (Å²) in [6.07, 6.45) is 4.29. The van der Waals surface area contributed by atoms with Crippen LogP contribution in [0.5, 0.6) is 5.75 Å². The van der Waals surface area contributed by atoms with E-state index >= 15 is 0 Å². The quantitative estimate of drug-likeness (QED) is 0.744. The second-order valence-electron chi connectivity index (χ2n) is 5.19. The summed E-state index contributed by atoms with van der Waals surface area (Å²) in [7, 11) is 0. The Hall–Kier alpha value is -2.24. The fourth-order valence-corrected chi connectivity index (χ4v) is 2.76. The molecule has 2 rings (SSSR count). The van der Waals surface area contributed by atoms with Gasteiger partial charge in [0.1, 0.15) is 11.3 Å². The number of urea groups is 1. The summed E-state index contributed by atoms with van der Waals surface area (Å²) < 4.78 is 0. The number of nitrogens with one attached hydrogen (secondary N) is 1. The van der Waals surface area contributed by atoms with E-state index in [4.69, 9.17) is 5.11 Å². The first-order valence-electron chi connectivity index (χ1n) is 7.17. The zero-order chi connectivity index (χ0) is 15.4. The number of carbonyl (C=O) groups excluding carboxylic acids is 1. The van der Waals surface area contributed by atoms with Crippen LogP contribution in [0.3, 0.4) is 0 Å². The smallest absolute Gasteiger partial charge is 0.339 e. The topological polar surface area (TPSA) is 89.9 Å². The van der Waals surface area contributed by atoms with Crippen molar-refractivity contribution in [1.82, 2.24) is 4.90 Å². The molecule has 1 saturated carbocycles.